The van der Waals surface area contributed by atoms with Gasteiger partial charge in [0.25, 0.3) is 0 Å². The van der Waals surface area contributed by atoms with Crippen LogP contribution in [0.1, 0.15) is 43.7 Å². The van der Waals surface area contributed by atoms with Gasteiger partial charge in [0.05, 0.1) is 24.9 Å². The number of aromatic nitrogens is 1. The van der Waals surface area contributed by atoms with Gasteiger partial charge in [-0.25, -0.2) is 9.78 Å². The van der Waals surface area contributed by atoms with E-state index in [1.807, 2.05) is 27.7 Å². The summed E-state index contributed by atoms with van der Waals surface area (Å²) in [5, 5.41) is 9.65. The van der Waals surface area contributed by atoms with Gasteiger partial charge >= 0.3 is 13.1 Å². The number of hydrogen-bond donors (Lipinski definition) is 1. The van der Waals surface area contributed by atoms with Crippen molar-refractivity contribution < 1.29 is 23.9 Å². The molecule has 6 nitrogen and oxygen atoms in total. The summed E-state index contributed by atoms with van der Waals surface area (Å²) in [4.78, 5) is 15.4. The van der Waals surface area contributed by atoms with E-state index in [2.05, 4.69) is 9.72 Å². The lowest BCUT2D eigenvalue weighted by atomic mass is 9.77. The van der Waals surface area contributed by atoms with E-state index in [0.717, 1.165) is 5.56 Å². The fraction of sp³-hybridized carbons (Fsp3) is 0.500. The quantitative estimate of drug-likeness (QED) is 0.674. The smallest absolute Gasteiger partial charge is 0.464 e. The Morgan fingerprint density at radius 3 is 2.35 bits per heavy atom. The molecule has 0 aromatic carbocycles. The zero-order chi connectivity index (χ0) is 17.3. The lowest BCUT2D eigenvalue weighted by Crippen LogP contribution is -2.41. The third-order valence-corrected chi connectivity index (χ3v) is 4.27. The third-order valence-electron chi connectivity index (χ3n) is 4.27. The van der Waals surface area contributed by atoms with Crippen molar-refractivity contribution in [3.63, 3.8) is 0 Å². The molecule has 0 amide bonds. The van der Waals surface area contributed by atoms with Crippen molar-refractivity contribution in [2.24, 2.45) is 0 Å². The molecular formula is C16H22BNO5. The molecule has 0 bridgehead atoms. The number of methoxy groups -OCH3 is 1. The third kappa shape index (κ3) is 3.63. The van der Waals surface area contributed by atoms with Crippen molar-refractivity contribution >= 4 is 19.2 Å². The van der Waals surface area contributed by atoms with Crippen molar-refractivity contribution in [1.29, 1.82) is 0 Å². The van der Waals surface area contributed by atoms with Crippen LogP contribution >= 0.6 is 0 Å². The van der Waals surface area contributed by atoms with E-state index in [0.29, 0.717) is 5.47 Å². The molecule has 23 heavy (non-hydrogen) atoms. The molecule has 1 aliphatic rings. The van der Waals surface area contributed by atoms with Crippen molar-refractivity contribution in [3.8, 4) is 0 Å². The number of rotatable bonds is 4. The van der Waals surface area contributed by atoms with Gasteiger partial charge in [0, 0.05) is 6.20 Å². The van der Waals surface area contributed by atoms with E-state index in [4.69, 9.17) is 9.31 Å². The van der Waals surface area contributed by atoms with Crippen LogP contribution in [0.3, 0.4) is 0 Å². The number of esters is 1. The number of aliphatic hydroxyl groups is 1. The predicted octanol–water partition coefficient (Wildman–Crippen LogP) is 1.88. The highest BCUT2D eigenvalue weighted by molar-refractivity contribution is 6.55. The van der Waals surface area contributed by atoms with Gasteiger partial charge in [-0.2, -0.15) is 0 Å². The Kier molecular flexibility index (Phi) is 4.94. The Morgan fingerprint density at radius 2 is 1.91 bits per heavy atom. The topological polar surface area (TPSA) is 77.9 Å². The summed E-state index contributed by atoms with van der Waals surface area (Å²) in [5.41, 5.74) is 0.608. The maximum Gasteiger partial charge on any atom is 0.492 e. The van der Waals surface area contributed by atoms with Crippen molar-refractivity contribution in [1.82, 2.24) is 4.98 Å². The van der Waals surface area contributed by atoms with Gasteiger partial charge < -0.3 is 19.2 Å². The summed E-state index contributed by atoms with van der Waals surface area (Å²) < 4.78 is 16.5. The predicted molar refractivity (Wildman–Crippen MR) is 86.7 cm³/mol. The molecule has 7 heteroatoms. The van der Waals surface area contributed by atoms with Gasteiger partial charge in [0.2, 0.25) is 0 Å². The first-order chi connectivity index (χ1) is 10.7. The maximum absolute atomic E-state index is 11.4. The summed E-state index contributed by atoms with van der Waals surface area (Å²) in [6.07, 6.45) is 3.28. The molecule has 2 rings (SSSR count). The molecule has 2 heterocycles. The van der Waals surface area contributed by atoms with Gasteiger partial charge in [0.15, 0.2) is 0 Å². The average Bonchev–Trinajstić information content (AvgIpc) is 2.72. The molecule has 1 N–H and O–H groups in total. The molecule has 0 aliphatic carbocycles. The second-order valence-corrected chi connectivity index (χ2v) is 6.43. The number of nitrogens with zero attached hydrogens (tertiary/aromatic N) is 1. The summed E-state index contributed by atoms with van der Waals surface area (Å²) in [7, 11) is 0.685. The molecule has 124 valence electrons. The van der Waals surface area contributed by atoms with E-state index in [-0.39, 0.29) is 12.3 Å². The Morgan fingerprint density at radius 1 is 1.30 bits per heavy atom. The number of hydrogen-bond acceptors (Lipinski definition) is 6. The van der Waals surface area contributed by atoms with Crippen LogP contribution in [0.2, 0.25) is 0 Å². The highest BCUT2D eigenvalue weighted by atomic mass is 16.7. The van der Waals surface area contributed by atoms with Gasteiger partial charge in [-0.05, 0) is 44.8 Å². The molecule has 0 radical (unpaired) electrons. The normalized spacial score (nSPS) is 19.7. The number of carbonyl (C=O) groups is 1. The van der Waals surface area contributed by atoms with Crippen molar-refractivity contribution in [2.45, 2.75) is 38.9 Å². The summed E-state index contributed by atoms with van der Waals surface area (Å²) in [6.45, 7) is 7.61. The minimum Gasteiger partial charge on any atom is -0.464 e. The first-order valence-corrected chi connectivity index (χ1v) is 7.41. The van der Waals surface area contributed by atoms with Crippen LogP contribution in [0, 0.1) is 0 Å². The fourth-order valence-electron chi connectivity index (χ4n) is 2.11. The molecule has 1 fully saturated rings. The molecule has 0 unspecified atom stereocenters. The Balaban J connectivity index is 2.21. The van der Waals surface area contributed by atoms with Gasteiger partial charge in [-0.3, -0.25) is 0 Å². The zero-order valence-corrected chi connectivity index (χ0v) is 14.1. The summed E-state index contributed by atoms with van der Waals surface area (Å²) >= 11 is 0. The van der Waals surface area contributed by atoms with E-state index < -0.39 is 24.3 Å². The Hall–Kier alpha value is -1.70. The van der Waals surface area contributed by atoms with Gasteiger partial charge in [-0.15, -0.1) is 0 Å². The van der Waals surface area contributed by atoms with E-state index in [1.54, 1.807) is 18.2 Å². The molecule has 1 saturated heterocycles. The Bertz CT molecular complexity index is 593. The fourth-order valence-corrected chi connectivity index (χ4v) is 2.11. The van der Waals surface area contributed by atoms with Crippen LogP contribution in [-0.4, -0.2) is 48.1 Å². The molecule has 0 saturated carbocycles. The maximum atomic E-state index is 11.4. The molecule has 0 atom stereocenters. The second kappa shape index (κ2) is 6.43. The number of ether oxygens (including phenoxy) is 1. The number of pyridine rings is 1. The lowest BCUT2D eigenvalue weighted by molar-refractivity contribution is 0.00578. The largest absolute Gasteiger partial charge is 0.492 e. The van der Waals surface area contributed by atoms with Crippen LogP contribution in [-0.2, 0) is 14.0 Å². The van der Waals surface area contributed by atoms with E-state index in [9.17, 15) is 9.90 Å². The standard InChI is InChI=1S/C16H22BNO5/c1-15(2)16(3,4)23-17(22-15)12(10-19)8-11-6-7-13(18-9-11)14(20)21-5/h6-9,19H,10H2,1-5H3. The van der Waals surface area contributed by atoms with Crippen LogP contribution in [0.25, 0.3) is 6.08 Å². The van der Waals surface area contributed by atoms with Crippen LogP contribution in [0.5, 0.6) is 0 Å². The molecule has 1 aliphatic heterocycles. The zero-order valence-electron chi connectivity index (χ0n) is 14.1. The first-order valence-electron chi connectivity index (χ1n) is 7.41. The average molecular weight is 319 g/mol. The van der Waals surface area contributed by atoms with Crippen LogP contribution in [0.4, 0.5) is 0 Å². The summed E-state index contributed by atoms with van der Waals surface area (Å²) in [5.74, 6) is -0.492. The van der Waals surface area contributed by atoms with Crippen LogP contribution < -0.4 is 0 Å². The van der Waals surface area contributed by atoms with Crippen LogP contribution in [0.15, 0.2) is 23.8 Å². The molecule has 1 aromatic rings. The molecular weight excluding hydrogens is 297 g/mol. The van der Waals surface area contributed by atoms with Crippen molar-refractivity contribution in [2.75, 3.05) is 13.7 Å². The minimum absolute atomic E-state index is 0.199. The second-order valence-electron chi connectivity index (χ2n) is 6.43. The minimum atomic E-state index is -0.620. The number of aliphatic hydroxyl groups excluding tert-OH is 1. The SMILES string of the molecule is COC(=O)c1ccc(C=C(CO)B2OC(C)(C)C(C)(C)O2)cn1. The number of carbonyl (C=O) groups excluding carboxylic acids is 1. The lowest BCUT2D eigenvalue weighted by Gasteiger charge is -2.32. The van der Waals surface area contributed by atoms with E-state index >= 15 is 0 Å². The van der Waals surface area contributed by atoms with Crippen molar-refractivity contribution in [3.05, 3.63) is 35.1 Å². The molecule has 1 aromatic heterocycles. The highest BCUT2D eigenvalue weighted by Crippen LogP contribution is 2.38. The Labute approximate surface area is 136 Å². The molecule has 0 spiro atoms. The highest BCUT2D eigenvalue weighted by Gasteiger charge is 2.52. The monoisotopic (exact) mass is 319 g/mol. The van der Waals surface area contributed by atoms with E-state index in [1.165, 1.54) is 13.3 Å². The summed E-state index contributed by atoms with van der Waals surface area (Å²) in [6, 6.07) is 3.29. The van der Waals surface area contributed by atoms with Gasteiger partial charge in [0.1, 0.15) is 5.69 Å². The van der Waals surface area contributed by atoms with Gasteiger partial charge in [-0.1, -0.05) is 12.1 Å². The first kappa shape index (κ1) is 17.7.